The van der Waals surface area contributed by atoms with Gasteiger partial charge in [-0.1, -0.05) is 41.9 Å². The summed E-state index contributed by atoms with van der Waals surface area (Å²) in [6.07, 6.45) is 2.08. The van der Waals surface area contributed by atoms with Crippen LogP contribution in [0.1, 0.15) is 42.4 Å². The molecule has 196 valence electrons. The van der Waals surface area contributed by atoms with E-state index in [0.29, 0.717) is 22.4 Å². The van der Waals surface area contributed by atoms with Crippen molar-refractivity contribution in [2.75, 3.05) is 25.5 Å². The second kappa shape index (κ2) is 12.1. The Morgan fingerprint density at radius 3 is 2.41 bits per heavy atom. The second-order valence-corrected chi connectivity index (χ2v) is 11.5. The van der Waals surface area contributed by atoms with Gasteiger partial charge in [-0.15, -0.1) is 0 Å². The van der Waals surface area contributed by atoms with Crippen molar-refractivity contribution in [3.63, 3.8) is 0 Å². The van der Waals surface area contributed by atoms with Crippen molar-refractivity contribution in [1.82, 2.24) is 9.62 Å². The van der Waals surface area contributed by atoms with Crippen LogP contribution >= 0.6 is 11.6 Å². The van der Waals surface area contributed by atoms with Gasteiger partial charge in [0.15, 0.2) is 0 Å². The summed E-state index contributed by atoms with van der Waals surface area (Å²) in [5, 5.41) is 3.26. The van der Waals surface area contributed by atoms with Crippen LogP contribution in [0.4, 0.5) is 5.69 Å². The lowest BCUT2D eigenvalue weighted by molar-refractivity contribution is -0.114. The van der Waals surface area contributed by atoms with E-state index in [2.05, 4.69) is 33.1 Å². The van der Waals surface area contributed by atoms with E-state index in [4.69, 9.17) is 16.3 Å². The SMILES string of the molecule is COc1ccc(CN2CCC(c3cccc(CNS(=O)(=O)c4ccc(NC(C)=O)cc4)c3)CC2)cc1Cl. The first-order chi connectivity index (χ1) is 17.7. The zero-order valence-electron chi connectivity index (χ0n) is 21.0. The highest BCUT2D eigenvalue weighted by Crippen LogP contribution is 2.30. The van der Waals surface area contributed by atoms with Crippen LogP contribution in [0.2, 0.25) is 5.02 Å². The zero-order valence-corrected chi connectivity index (χ0v) is 22.6. The van der Waals surface area contributed by atoms with Gasteiger partial charge in [0.25, 0.3) is 0 Å². The summed E-state index contributed by atoms with van der Waals surface area (Å²) >= 11 is 6.28. The highest BCUT2D eigenvalue weighted by atomic mass is 35.5. The van der Waals surface area contributed by atoms with Crippen LogP contribution in [-0.4, -0.2) is 39.4 Å². The van der Waals surface area contributed by atoms with E-state index in [9.17, 15) is 13.2 Å². The second-order valence-electron chi connectivity index (χ2n) is 9.29. The van der Waals surface area contributed by atoms with E-state index in [1.807, 2.05) is 24.3 Å². The Kier molecular flexibility index (Phi) is 8.87. The van der Waals surface area contributed by atoms with Gasteiger partial charge in [0.05, 0.1) is 17.0 Å². The molecule has 2 N–H and O–H groups in total. The molecule has 7 nitrogen and oxygen atoms in total. The van der Waals surface area contributed by atoms with Crippen molar-refractivity contribution in [1.29, 1.82) is 0 Å². The fourth-order valence-electron chi connectivity index (χ4n) is 4.63. The molecule has 0 atom stereocenters. The number of carbonyl (C=O) groups excluding carboxylic acids is 1. The third-order valence-corrected chi connectivity index (χ3v) is 8.30. The molecule has 0 aliphatic carbocycles. The van der Waals surface area contributed by atoms with Crippen LogP contribution in [0.25, 0.3) is 0 Å². The van der Waals surface area contributed by atoms with Gasteiger partial charge in [0.2, 0.25) is 15.9 Å². The van der Waals surface area contributed by atoms with Gasteiger partial charge in [0, 0.05) is 25.7 Å². The van der Waals surface area contributed by atoms with E-state index in [0.717, 1.165) is 38.0 Å². The highest BCUT2D eigenvalue weighted by molar-refractivity contribution is 7.89. The number of carbonyl (C=O) groups is 1. The molecular weight excluding hydrogens is 510 g/mol. The number of halogens is 1. The number of hydrogen-bond donors (Lipinski definition) is 2. The molecule has 0 radical (unpaired) electrons. The Balaban J connectivity index is 1.31. The summed E-state index contributed by atoms with van der Waals surface area (Å²) in [5.74, 6) is 0.918. The number of hydrogen-bond acceptors (Lipinski definition) is 5. The maximum absolute atomic E-state index is 12.7. The van der Waals surface area contributed by atoms with Gasteiger partial charge in [-0.2, -0.15) is 0 Å². The predicted octanol–water partition coefficient (Wildman–Crippen LogP) is 5.17. The Morgan fingerprint density at radius 1 is 1.03 bits per heavy atom. The van der Waals surface area contributed by atoms with Crippen LogP contribution in [0, 0.1) is 0 Å². The molecule has 1 heterocycles. The Hall–Kier alpha value is -2.91. The normalized spacial score (nSPS) is 14.9. The summed E-state index contributed by atoms with van der Waals surface area (Å²) < 4.78 is 33.4. The van der Waals surface area contributed by atoms with Gasteiger partial charge in [0.1, 0.15) is 5.75 Å². The van der Waals surface area contributed by atoms with Gasteiger partial charge in [-0.3, -0.25) is 9.69 Å². The minimum atomic E-state index is -3.67. The number of likely N-dealkylation sites (tertiary alicyclic amines) is 1. The first-order valence-corrected chi connectivity index (χ1v) is 14.1. The first-order valence-electron chi connectivity index (χ1n) is 12.2. The molecule has 37 heavy (non-hydrogen) atoms. The molecule has 1 saturated heterocycles. The maximum Gasteiger partial charge on any atom is 0.240 e. The number of ether oxygens (including phenoxy) is 1. The molecular formula is C28H32ClN3O4S. The predicted molar refractivity (Wildman–Crippen MR) is 146 cm³/mol. The van der Waals surface area contributed by atoms with Crippen molar-refractivity contribution < 1.29 is 17.9 Å². The number of nitrogens with zero attached hydrogens (tertiary/aromatic N) is 1. The molecule has 3 aromatic rings. The van der Waals surface area contributed by atoms with Crippen LogP contribution in [-0.2, 0) is 27.9 Å². The lowest BCUT2D eigenvalue weighted by Gasteiger charge is -2.32. The van der Waals surface area contributed by atoms with E-state index in [1.165, 1.54) is 30.2 Å². The Morgan fingerprint density at radius 2 is 1.76 bits per heavy atom. The lowest BCUT2D eigenvalue weighted by Crippen LogP contribution is -2.32. The lowest BCUT2D eigenvalue weighted by atomic mass is 9.88. The van der Waals surface area contributed by atoms with Crippen molar-refractivity contribution in [2.45, 2.75) is 43.7 Å². The minimum Gasteiger partial charge on any atom is -0.495 e. The van der Waals surface area contributed by atoms with Gasteiger partial charge in [-0.05, 0) is 84.9 Å². The molecule has 1 fully saturated rings. The van der Waals surface area contributed by atoms with Crippen molar-refractivity contribution in [3.8, 4) is 5.75 Å². The molecule has 0 spiro atoms. The first kappa shape index (κ1) is 27.1. The molecule has 9 heteroatoms. The van der Waals surface area contributed by atoms with Crippen LogP contribution in [0.5, 0.6) is 5.75 Å². The Labute approximate surface area is 223 Å². The number of sulfonamides is 1. The van der Waals surface area contributed by atoms with Crippen LogP contribution < -0.4 is 14.8 Å². The topological polar surface area (TPSA) is 87.7 Å². The number of methoxy groups -OCH3 is 1. The summed E-state index contributed by atoms with van der Waals surface area (Å²) in [4.78, 5) is 13.8. The van der Waals surface area contributed by atoms with Crippen molar-refractivity contribution in [2.24, 2.45) is 0 Å². The molecule has 1 amide bonds. The van der Waals surface area contributed by atoms with E-state index in [-0.39, 0.29) is 17.3 Å². The van der Waals surface area contributed by atoms with Gasteiger partial charge < -0.3 is 10.1 Å². The fourth-order valence-corrected chi connectivity index (χ4v) is 5.93. The smallest absolute Gasteiger partial charge is 0.240 e. The van der Waals surface area contributed by atoms with E-state index >= 15 is 0 Å². The number of anilines is 1. The molecule has 1 aliphatic rings. The molecule has 1 aliphatic heterocycles. The molecule has 4 rings (SSSR count). The minimum absolute atomic E-state index is 0.156. The quantitative estimate of drug-likeness (QED) is 0.390. The molecule has 3 aromatic carbocycles. The third-order valence-electron chi connectivity index (χ3n) is 6.58. The highest BCUT2D eigenvalue weighted by Gasteiger charge is 2.21. The molecule has 0 bridgehead atoms. The van der Waals surface area contributed by atoms with Crippen LogP contribution in [0.3, 0.4) is 0 Å². The summed E-state index contributed by atoms with van der Waals surface area (Å²) in [5.41, 5.74) is 3.89. The maximum atomic E-state index is 12.7. The number of nitrogens with one attached hydrogen (secondary N) is 2. The number of piperidine rings is 1. The van der Waals surface area contributed by atoms with Gasteiger partial charge in [-0.25, -0.2) is 13.1 Å². The zero-order chi connectivity index (χ0) is 26.4. The number of rotatable bonds is 9. The van der Waals surface area contributed by atoms with Crippen LogP contribution in [0.15, 0.2) is 71.6 Å². The third kappa shape index (κ3) is 7.32. The van der Waals surface area contributed by atoms with Crippen molar-refractivity contribution >= 4 is 33.2 Å². The summed E-state index contributed by atoms with van der Waals surface area (Å²) in [7, 11) is -2.06. The average Bonchev–Trinajstić information content (AvgIpc) is 2.88. The molecule has 0 unspecified atom stereocenters. The average molecular weight is 542 g/mol. The van der Waals surface area contributed by atoms with E-state index < -0.39 is 10.0 Å². The van der Waals surface area contributed by atoms with E-state index in [1.54, 1.807) is 19.2 Å². The number of amides is 1. The summed E-state index contributed by atoms with van der Waals surface area (Å²) in [6.45, 7) is 4.44. The fraction of sp³-hybridized carbons (Fsp3) is 0.321. The molecule has 0 aromatic heterocycles. The Bertz CT molecular complexity index is 1340. The monoisotopic (exact) mass is 541 g/mol. The molecule has 0 saturated carbocycles. The van der Waals surface area contributed by atoms with Crippen molar-refractivity contribution in [3.05, 3.63) is 88.4 Å². The summed E-state index contributed by atoms with van der Waals surface area (Å²) in [6, 6.07) is 20.2. The largest absolute Gasteiger partial charge is 0.495 e. The standard InChI is InChI=1S/C28H32ClN3O4S/c1-20(33)31-25-7-9-26(10-8-25)37(34,35)30-18-21-4-3-5-24(16-21)23-12-14-32(15-13-23)19-22-6-11-28(36-2)27(29)17-22/h3-11,16-17,23,30H,12-15,18-19H2,1-2H3,(H,31,33). The van der Waals surface area contributed by atoms with Gasteiger partial charge >= 0.3 is 0 Å². The number of benzene rings is 3.